The maximum Gasteiger partial charge on any atom is 0.416 e. The number of ether oxygens (including phenoxy) is 5. The first-order valence-electron chi connectivity index (χ1n) is 37.1. The summed E-state index contributed by atoms with van der Waals surface area (Å²) >= 11 is 0. The number of nitrogens with one attached hydrogen (secondary N) is 2. The third kappa shape index (κ3) is 16.1. The number of benzene rings is 6. The summed E-state index contributed by atoms with van der Waals surface area (Å²) in [7, 11) is 2.95. The van der Waals surface area contributed by atoms with Gasteiger partial charge < -0.3 is 54.1 Å². The Morgan fingerprint density at radius 2 is 1.39 bits per heavy atom. The molecule has 1 unspecified atom stereocenters. The molecule has 108 heavy (non-hydrogen) atoms. The smallest absolute Gasteiger partial charge is 0.416 e. The number of anilines is 2. The molecule has 7 aromatic rings. The molecule has 6 aromatic carbocycles. The lowest BCUT2D eigenvalue weighted by Gasteiger charge is -2.31. The summed E-state index contributed by atoms with van der Waals surface area (Å²) in [6, 6.07) is 33.2. The minimum Gasteiger partial charge on any atom is -0.493 e. The van der Waals surface area contributed by atoms with Crippen LogP contribution >= 0.6 is 0 Å². The number of nitrogens with zero attached hydrogens (tertiary/aromatic N) is 7. The Morgan fingerprint density at radius 3 is 2.09 bits per heavy atom. The summed E-state index contributed by atoms with van der Waals surface area (Å²) in [5, 5.41) is 26.6. The summed E-state index contributed by atoms with van der Waals surface area (Å²) in [6.07, 6.45) is 3.24. The SMILES string of the molecule is COc1cc2c(cc1OCCCOc1cc3c(cc1OC)C(=O)N1CC4(CC4)C[C@H]1C(O)N3C(=O)OCc1ccc(CC(=O)[C@H](C)NC(=O)[C@@H](CC(=O)CNC(=O)CCC(=O)CCC(=O)N3Cc4ccccc4-c4nnn(C(C)C)c4-c4ccccc43)C(C)C)cc1)CC[C@@H]1CC(c3ccc(F)cc3)=CN1C2=O. The highest BCUT2D eigenvalue weighted by atomic mass is 19.1. The number of ketones is 3. The Kier molecular flexibility index (Phi) is 22.4. The molecule has 1 saturated carbocycles. The van der Waals surface area contributed by atoms with Gasteiger partial charge in [-0.15, -0.1) is 5.10 Å². The van der Waals surface area contributed by atoms with E-state index in [9.17, 15) is 52.6 Å². The van der Waals surface area contributed by atoms with Crippen LogP contribution in [0.5, 0.6) is 23.0 Å². The number of halogens is 1. The predicted octanol–water partition coefficient (Wildman–Crippen LogP) is 11.5. The topological polar surface area (TPSA) is 288 Å². The first kappa shape index (κ1) is 75.2. The Bertz CT molecular complexity index is 4680. The van der Waals surface area contributed by atoms with E-state index in [4.69, 9.17) is 23.7 Å². The van der Waals surface area contributed by atoms with Crippen LogP contribution < -0.4 is 39.4 Å². The van der Waals surface area contributed by atoms with Gasteiger partial charge in [-0.1, -0.05) is 97.9 Å². The zero-order valence-electron chi connectivity index (χ0n) is 61.8. The van der Waals surface area contributed by atoms with Crippen LogP contribution in [0, 0.1) is 23.1 Å². The van der Waals surface area contributed by atoms with Gasteiger partial charge in [-0.3, -0.25) is 38.4 Å². The molecular formula is C83H90FN9O15. The van der Waals surface area contributed by atoms with E-state index in [1.807, 2.05) is 79.3 Å². The summed E-state index contributed by atoms with van der Waals surface area (Å²) in [4.78, 5) is 130. The zero-order valence-corrected chi connectivity index (χ0v) is 61.8. The number of hydrogen-bond acceptors (Lipinski definition) is 17. The number of hydrogen-bond donors (Lipinski definition) is 3. The van der Waals surface area contributed by atoms with Crippen molar-refractivity contribution in [3.8, 4) is 45.5 Å². The molecule has 1 aliphatic carbocycles. The van der Waals surface area contributed by atoms with Crippen molar-refractivity contribution in [2.75, 3.05) is 50.3 Å². The molecule has 0 radical (unpaired) electrons. The molecule has 6 heterocycles. The Hall–Kier alpha value is -11.1. The van der Waals surface area contributed by atoms with Crippen molar-refractivity contribution in [2.45, 2.75) is 162 Å². The average Bonchev–Trinajstić information content (AvgIpc) is 1.56. The van der Waals surface area contributed by atoms with Gasteiger partial charge in [0.25, 0.3) is 11.8 Å². The fourth-order valence-corrected chi connectivity index (χ4v) is 15.2. The van der Waals surface area contributed by atoms with Crippen molar-refractivity contribution in [3.05, 3.63) is 172 Å². The number of aliphatic hydroxyl groups excluding tert-OH is 1. The number of para-hydroxylation sites is 1. The van der Waals surface area contributed by atoms with Crippen LogP contribution in [0.3, 0.4) is 0 Å². The van der Waals surface area contributed by atoms with Gasteiger partial charge in [0.2, 0.25) is 17.7 Å². The van der Waals surface area contributed by atoms with Gasteiger partial charge in [0.1, 0.15) is 23.9 Å². The molecule has 2 fully saturated rings. The Morgan fingerprint density at radius 1 is 0.713 bits per heavy atom. The largest absolute Gasteiger partial charge is 0.493 e. The van der Waals surface area contributed by atoms with Crippen molar-refractivity contribution < 1.29 is 76.3 Å². The van der Waals surface area contributed by atoms with Gasteiger partial charge >= 0.3 is 6.09 Å². The third-order valence-electron chi connectivity index (χ3n) is 21.6. The Labute approximate surface area is 625 Å². The normalized spacial score (nSPS) is 17.8. The summed E-state index contributed by atoms with van der Waals surface area (Å²) in [5.41, 5.74) is 9.10. The molecule has 1 saturated heterocycles. The number of fused-ring (bicyclic) bond motifs is 9. The van der Waals surface area contributed by atoms with Gasteiger partial charge in [-0.2, -0.15) is 0 Å². The first-order chi connectivity index (χ1) is 52.0. The fourth-order valence-electron chi connectivity index (χ4n) is 15.2. The molecule has 1 aromatic heterocycles. The van der Waals surface area contributed by atoms with Gasteiger partial charge in [-0.25, -0.2) is 18.8 Å². The summed E-state index contributed by atoms with van der Waals surface area (Å²) in [5.74, 6) is -3.04. The molecule has 3 N–H and O–H groups in total. The second kappa shape index (κ2) is 32.2. The van der Waals surface area contributed by atoms with E-state index in [1.54, 1.807) is 77.9 Å². The van der Waals surface area contributed by atoms with Crippen molar-refractivity contribution in [2.24, 2.45) is 17.3 Å². The van der Waals surface area contributed by atoms with Gasteiger partial charge in [0.15, 0.2) is 40.8 Å². The number of carbonyl (C=O) groups excluding carboxylic acids is 9. The summed E-state index contributed by atoms with van der Waals surface area (Å²) in [6.45, 7) is 9.49. The van der Waals surface area contributed by atoms with E-state index in [-0.39, 0.29) is 153 Å². The molecule has 564 valence electrons. The molecule has 1 spiro atoms. The number of amides is 6. The van der Waals surface area contributed by atoms with Gasteiger partial charge in [-0.05, 0) is 140 Å². The Balaban J connectivity index is 0.569. The number of carbonyl (C=O) groups is 9. The molecule has 13 rings (SSSR count). The standard InChI is InChI=1S/C83H90FN9O15/c1-48(2)63(38-60(95)43-85-74(97)29-27-59(94)28-30-75(98)90-44-55-13-8-9-14-61(55)76-77(93(49(3)4)88-87-76)62-15-10-11-16-66(62)90)78(99)86-50(5)69(96)35-51-17-19-52(20-18-51)46-108-82(103)92-67-41-73(71(105-7)40-65(67)80(101)91-47-83(31-32-83)42-68(91)81(92)102)107-34-12-33-106-72-37-54-23-26-58-36-56(53-21-24-57(84)25-22-53)45-89(58)79(100)64(54)39-70(72)104-6/h8-11,13-22,24-25,37,39-41,45,48-50,58,63,68,81,102H,12,23,26-36,38,42-44,46-47H2,1-7H3,(H,85,97)(H,86,99)/t50-,58+,63-,68-,81?/m0/s1. The van der Waals surface area contributed by atoms with Crippen LogP contribution in [0.4, 0.5) is 20.6 Å². The highest BCUT2D eigenvalue weighted by Crippen LogP contribution is 2.57. The highest BCUT2D eigenvalue weighted by Gasteiger charge is 2.58. The minimum absolute atomic E-state index is 0.0164. The van der Waals surface area contributed by atoms with E-state index < -0.39 is 47.9 Å². The number of aliphatic hydroxyl groups is 1. The number of aryl methyl sites for hydroxylation is 1. The maximum atomic E-state index is 14.5. The van der Waals surface area contributed by atoms with E-state index in [0.717, 1.165) is 62.5 Å². The molecule has 5 aliphatic heterocycles. The average molecular weight is 1470 g/mol. The molecule has 5 atom stereocenters. The minimum atomic E-state index is -1.49. The second-order valence-electron chi connectivity index (χ2n) is 29.6. The van der Waals surface area contributed by atoms with Crippen molar-refractivity contribution in [1.82, 2.24) is 35.4 Å². The van der Waals surface area contributed by atoms with Gasteiger partial charge in [0, 0.05) is 98.4 Å². The van der Waals surface area contributed by atoms with E-state index in [2.05, 4.69) is 20.9 Å². The highest BCUT2D eigenvalue weighted by molar-refractivity contribution is 6.07. The van der Waals surface area contributed by atoms with Crippen molar-refractivity contribution in [3.63, 3.8) is 0 Å². The summed E-state index contributed by atoms with van der Waals surface area (Å²) < 4.78 is 45.5. The number of rotatable bonds is 28. The van der Waals surface area contributed by atoms with Crippen molar-refractivity contribution >= 4 is 69.9 Å². The van der Waals surface area contributed by atoms with Gasteiger partial charge in [0.05, 0.1) is 75.2 Å². The second-order valence-corrected chi connectivity index (χ2v) is 29.6. The van der Waals surface area contributed by atoms with Crippen LogP contribution in [-0.2, 0) is 59.5 Å². The molecule has 6 amide bonds. The van der Waals surface area contributed by atoms with Crippen LogP contribution in [0.2, 0.25) is 0 Å². The van der Waals surface area contributed by atoms with E-state index in [0.29, 0.717) is 72.5 Å². The van der Waals surface area contributed by atoms with Crippen LogP contribution in [-0.4, -0.2) is 148 Å². The lowest BCUT2D eigenvalue weighted by Crippen LogP contribution is -2.50. The lowest BCUT2D eigenvalue weighted by atomic mass is 9.89. The number of Topliss-reactive ketones (excluding diaryl/α,β-unsaturated/α-hetero) is 3. The molecule has 6 aliphatic rings. The quantitative estimate of drug-likeness (QED) is 0.0384. The monoisotopic (exact) mass is 1470 g/mol. The van der Waals surface area contributed by atoms with Crippen LogP contribution in [0.1, 0.15) is 160 Å². The zero-order chi connectivity index (χ0) is 76.2. The maximum absolute atomic E-state index is 14.5. The predicted molar refractivity (Wildman–Crippen MR) is 398 cm³/mol. The third-order valence-corrected chi connectivity index (χ3v) is 21.6. The van der Waals surface area contributed by atoms with E-state index in [1.165, 1.54) is 38.5 Å². The van der Waals surface area contributed by atoms with E-state index >= 15 is 0 Å². The lowest BCUT2D eigenvalue weighted by molar-refractivity contribution is -0.133. The molecular weight excluding hydrogens is 1380 g/mol. The number of aromatic nitrogens is 3. The first-order valence-corrected chi connectivity index (χ1v) is 37.1. The van der Waals surface area contributed by atoms with Crippen molar-refractivity contribution in [1.29, 1.82) is 0 Å². The number of methoxy groups -OCH3 is 2. The molecule has 0 bridgehead atoms. The van der Waals surface area contributed by atoms with Crippen LogP contribution in [0.15, 0.2) is 128 Å². The molecule has 25 heteroatoms. The molecule has 24 nitrogen and oxygen atoms in total. The van der Waals surface area contributed by atoms with Crippen LogP contribution in [0.25, 0.3) is 28.1 Å². The fraction of sp³-hybridized carbons (Fsp3) is 0.410.